The van der Waals surface area contributed by atoms with Gasteiger partial charge in [-0.1, -0.05) is 36.4 Å². The molecule has 3 rings (SSSR count). The Morgan fingerprint density at radius 3 is 1.97 bits per heavy atom. The van der Waals surface area contributed by atoms with Gasteiger partial charge < -0.3 is 14.4 Å². The zero-order chi connectivity index (χ0) is 28.1. The van der Waals surface area contributed by atoms with Crippen molar-refractivity contribution in [3.8, 4) is 0 Å². The van der Waals surface area contributed by atoms with Crippen LogP contribution in [0, 0.1) is 0 Å². The second kappa shape index (κ2) is 11.6. The maximum atomic E-state index is 13.4. The Labute approximate surface area is 215 Å². The summed E-state index contributed by atoms with van der Waals surface area (Å²) in [5, 5.41) is 0. The van der Waals surface area contributed by atoms with Crippen LogP contribution in [-0.4, -0.2) is 39.3 Å². The number of carbonyl (C=O) groups excluding carboxylic acids is 2. The molecule has 0 aliphatic heterocycles. The third-order valence-corrected chi connectivity index (χ3v) is 5.77. The molecule has 0 bridgehead atoms. The molecule has 0 radical (unpaired) electrons. The quantitative estimate of drug-likeness (QED) is 0.251. The Morgan fingerprint density at radius 2 is 1.47 bits per heavy atom. The van der Waals surface area contributed by atoms with Crippen molar-refractivity contribution in [1.29, 1.82) is 0 Å². The second-order valence-corrected chi connectivity index (χ2v) is 8.61. The molecule has 202 valence electrons. The van der Waals surface area contributed by atoms with E-state index in [1.54, 1.807) is 54.2 Å². The van der Waals surface area contributed by atoms with Gasteiger partial charge in [0.25, 0.3) is 5.91 Å². The van der Waals surface area contributed by atoms with Gasteiger partial charge in [-0.25, -0.2) is 0 Å². The average Bonchev–Trinajstić information content (AvgIpc) is 3.26. The van der Waals surface area contributed by atoms with Crippen molar-refractivity contribution >= 4 is 11.8 Å². The number of halogens is 6. The van der Waals surface area contributed by atoms with Crippen LogP contribution < -0.4 is 0 Å². The van der Waals surface area contributed by atoms with Crippen molar-refractivity contribution in [2.45, 2.75) is 25.4 Å². The zero-order valence-corrected chi connectivity index (χ0v) is 20.4. The Bertz CT molecular complexity index is 1250. The Morgan fingerprint density at radius 1 is 0.868 bits per heavy atom. The normalized spacial score (nSPS) is 11.8. The van der Waals surface area contributed by atoms with E-state index in [2.05, 4.69) is 6.58 Å². The summed E-state index contributed by atoms with van der Waals surface area (Å²) < 4.78 is 81.7. The van der Waals surface area contributed by atoms with Gasteiger partial charge in [0.05, 0.1) is 17.7 Å². The topological polar surface area (TPSA) is 45.6 Å². The first-order chi connectivity index (χ1) is 17.8. The molecular weight excluding hydrogens is 512 g/mol. The third-order valence-electron chi connectivity index (χ3n) is 5.77. The van der Waals surface area contributed by atoms with Crippen LogP contribution in [-0.2, 0) is 37.3 Å². The van der Waals surface area contributed by atoms with Crippen LogP contribution in [0.2, 0.25) is 0 Å². The molecule has 0 saturated heterocycles. The van der Waals surface area contributed by atoms with Crippen molar-refractivity contribution in [1.82, 2.24) is 14.4 Å². The number of alkyl halides is 6. The van der Waals surface area contributed by atoms with Crippen molar-refractivity contribution in [3.63, 3.8) is 0 Å². The molecule has 1 heterocycles. The molecule has 0 atom stereocenters. The van der Waals surface area contributed by atoms with Crippen molar-refractivity contribution in [2.75, 3.05) is 13.1 Å². The number of amides is 2. The Kier molecular flexibility index (Phi) is 8.70. The lowest BCUT2D eigenvalue weighted by molar-refractivity contribution is -0.143. The highest BCUT2D eigenvalue weighted by Gasteiger charge is 2.38. The Balaban J connectivity index is 1.93. The molecule has 0 fully saturated rings. The van der Waals surface area contributed by atoms with E-state index in [9.17, 15) is 35.9 Å². The van der Waals surface area contributed by atoms with Gasteiger partial charge in [0, 0.05) is 37.6 Å². The first-order valence-electron chi connectivity index (χ1n) is 11.4. The number of benzene rings is 2. The van der Waals surface area contributed by atoms with E-state index in [0.29, 0.717) is 12.1 Å². The van der Waals surface area contributed by atoms with Gasteiger partial charge in [-0.2, -0.15) is 26.3 Å². The van der Waals surface area contributed by atoms with Crippen molar-refractivity contribution in [3.05, 3.63) is 107 Å². The summed E-state index contributed by atoms with van der Waals surface area (Å²) in [7, 11) is 1.79. The molecule has 0 spiro atoms. The van der Waals surface area contributed by atoms with Gasteiger partial charge in [-0.15, -0.1) is 6.58 Å². The Hall–Kier alpha value is -4.02. The van der Waals surface area contributed by atoms with Crippen LogP contribution in [0.25, 0.3) is 0 Å². The summed E-state index contributed by atoms with van der Waals surface area (Å²) in [5.74, 6) is -1.71. The molecule has 3 aromatic rings. The van der Waals surface area contributed by atoms with E-state index >= 15 is 0 Å². The predicted molar refractivity (Wildman–Crippen MR) is 129 cm³/mol. The number of rotatable bonds is 9. The maximum Gasteiger partial charge on any atom is 0.416 e. The third kappa shape index (κ3) is 7.27. The minimum absolute atomic E-state index is 0.0543. The highest BCUT2D eigenvalue weighted by atomic mass is 19.4. The van der Waals surface area contributed by atoms with Gasteiger partial charge in [-0.3, -0.25) is 9.59 Å². The molecule has 0 N–H and O–H groups in total. The summed E-state index contributed by atoms with van der Waals surface area (Å²) in [5.41, 5.74) is -2.49. The molecule has 2 aromatic carbocycles. The van der Waals surface area contributed by atoms with E-state index in [0.717, 1.165) is 16.2 Å². The summed E-state index contributed by atoms with van der Waals surface area (Å²) in [6.07, 6.45) is -7.20. The molecule has 11 heteroatoms. The molecule has 1 aromatic heterocycles. The van der Waals surface area contributed by atoms with Gasteiger partial charge >= 0.3 is 12.4 Å². The van der Waals surface area contributed by atoms with Gasteiger partial charge in [0.1, 0.15) is 6.54 Å². The largest absolute Gasteiger partial charge is 0.416 e. The van der Waals surface area contributed by atoms with Crippen LogP contribution in [0.15, 0.2) is 79.5 Å². The van der Waals surface area contributed by atoms with E-state index in [1.807, 2.05) is 6.07 Å². The number of nitrogens with zero attached hydrogens (tertiary/aromatic N) is 3. The predicted octanol–water partition coefficient (Wildman–Crippen LogP) is 5.92. The molecule has 38 heavy (non-hydrogen) atoms. The first kappa shape index (κ1) is 28.5. The lowest BCUT2D eigenvalue weighted by Gasteiger charge is -2.28. The molecule has 2 amide bonds. The van der Waals surface area contributed by atoms with Gasteiger partial charge in [-0.05, 0) is 35.9 Å². The standard InChI is InChI=1S/C27H25F6N3O2/c1-3-11-35(25(38)20-13-21(26(28,29)30)15-22(14-20)27(31,32)33)18-24(37)36(16-19-8-5-4-6-9-19)17-23-10-7-12-34(23)2/h3-10,12-15H,1,11,16-18H2,2H3. The first-order valence-corrected chi connectivity index (χ1v) is 11.4. The smallest absolute Gasteiger partial charge is 0.353 e. The number of hydrogen-bond acceptors (Lipinski definition) is 2. The molecule has 0 aliphatic carbocycles. The number of hydrogen-bond donors (Lipinski definition) is 0. The zero-order valence-electron chi connectivity index (χ0n) is 20.4. The summed E-state index contributed by atoms with van der Waals surface area (Å²) in [6.45, 7) is 2.98. The molecule has 0 aliphatic rings. The number of carbonyl (C=O) groups is 2. The van der Waals surface area contributed by atoms with E-state index in [4.69, 9.17) is 0 Å². The van der Waals surface area contributed by atoms with Crippen LogP contribution in [0.3, 0.4) is 0 Å². The van der Waals surface area contributed by atoms with Crippen LogP contribution in [0.4, 0.5) is 26.3 Å². The fourth-order valence-corrected chi connectivity index (χ4v) is 3.79. The fraction of sp³-hybridized carbons (Fsp3) is 0.259. The molecule has 0 unspecified atom stereocenters. The SMILES string of the molecule is C=CCN(CC(=O)N(Cc1ccccc1)Cc1cccn1C)C(=O)c1cc(C(F)(F)F)cc(C(F)(F)F)c1. The maximum absolute atomic E-state index is 13.4. The summed E-state index contributed by atoms with van der Waals surface area (Å²) in [4.78, 5) is 28.9. The average molecular weight is 538 g/mol. The van der Waals surface area contributed by atoms with E-state index in [-0.39, 0.29) is 25.7 Å². The number of aryl methyl sites for hydroxylation is 1. The van der Waals surface area contributed by atoms with Crippen molar-refractivity contribution < 1.29 is 35.9 Å². The van der Waals surface area contributed by atoms with Crippen molar-refractivity contribution in [2.24, 2.45) is 7.05 Å². The monoisotopic (exact) mass is 537 g/mol. The van der Waals surface area contributed by atoms with Crippen LogP contribution in [0.1, 0.15) is 32.7 Å². The molecule has 0 saturated carbocycles. The van der Waals surface area contributed by atoms with E-state index in [1.165, 1.54) is 11.0 Å². The van der Waals surface area contributed by atoms with Gasteiger partial charge in [0.2, 0.25) is 5.91 Å². The fourth-order valence-electron chi connectivity index (χ4n) is 3.79. The summed E-state index contributed by atoms with van der Waals surface area (Å²) in [6, 6.07) is 13.2. The van der Waals surface area contributed by atoms with Crippen LogP contribution in [0.5, 0.6) is 0 Å². The molecular formula is C27H25F6N3O2. The highest BCUT2D eigenvalue weighted by Crippen LogP contribution is 2.36. The highest BCUT2D eigenvalue weighted by molar-refractivity contribution is 5.97. The van der Waals surface area contributed by atoms with E-state index < -0.39 is 47.4 Å². The molecule has 5 nitrogen and oxygen atoms in total. The summed E-state index contributed by atoms with van der Waals surface area (Å²) >= 11 is 0. The van der Waals surface area contributed by atoms with Crippen LogP contribution >= 0.6 is 0 Å². The minimum atomic E-state index is -5.11. The van der Waals surface area contributed by atoms with Gasteiger partial charge in [0.15, 0.2) is 0 Å². The second-order valence-electron chi connectivity index (χ2n) is 8.61. The number of aromatic nitrogens is 1. The lowest BCUT2D eigenvalue weighted by atomic mass is 10.0. The lowest BCUT2D eigenvalue weighted by Crippen LogP contribution is -2.42. The minimum Gasteiger partial charge on any atom is -0.353 e.